The minimum absolute atomic E-state index is 0.110. The number of amides is 1. The summed E-state index contributed by atoms with van der Waals surface area (Å²) in [6.07, 6.45) is 0.110. The number of aryl methyl sites for hydroxylation is 1. The van der Waals surface area contributed by atoms with E-state index < -0.39 is 0 Å². The van der Waals surface area contributed by atoms with Gasteiger partial charge in [0.15, 0.2) is 0 Å². The molecular formula is C20H22FN3O4S. The minimum Gasteiger partial charge on any atom is -0.469 e. The second kappa shape index (κ2) is 9.15. The molecule has 1 aromatic carbocycles. The van der Waals surface area contributed by atoms with Crippen LogP contribution in [-0.2, 0) is 14.3 Å². The van der Waals surface area contributed by atoms with Crippen LogP contribution in [0.25, 0.3) is 15.9 Å². The summed E-state index contributed by atoms with van der Waals surface area (Å²) in [4.78, 5) is 27.5. The summed E-state index contributed by atoms with van der Waals surface area (Å²) in [7, 11) is 2.88. The number of hydrogen-bond acceptors (Lipinski definition) is 6. The predicted molar refractivity (Wildman–Crippen MR) is 108 cm³/mol. The van der Waals surface area contributed by atoms with Crippen LogP contribution >= 0.6 is 11.3 Å². The molecule has 3 rings (SSSR count). The largest absolute Gasteiger partial charge is 0.469 e. The van der Waals surface area contributed by atoms with Crippen LogP contribution < -0.4 is 0 Å². The van der Waals surface area contributed by atoms with Crippen LogP contribution in [0.5, 0.6) is 0 Å². The molecule has 9 heteroatoms. The SMILES string of the molecule is COCCN(CCC(=O)OC)C(=O)c1cc2c(C)nn(-c3ccc(F)cc3)c2s1. The van der Waals surface area contributed by atoms with Crippen LogP contribution in [0.3, 0.4) is 0 Å². The van der Waals surface area contributed by atoms with Crippen LogP contribution in [0.15, 0.2) is 30.3 Å². The van der Waals surface area contributed by atoms with Gasteiger partial charge in [0.1, 0.15) is 10.6 Å². The van der Waals surface area contributed by atoms with Crippen LogP contribution in [0.2, 0.25) is 0 Å². The van der Waals surface area contributed by atoms with Crippen molar-refractivity contribution >= 4 is 33.4 Å². The fourth-order valence-electron chi connectivity index (χ4n) is 2.91. The lowest BCUT2D eigenvalue weighted by molar-refractivity contribution is -0.140. The van der Waals surface area contributed by atoms with Crippen molar-refractivity contribution in [2.45, 2.75) is 13.3 Å². The van der Waals surface area contributed by atoms with Crippen LogP contribution in [0.1, 0.15) is 21.8 Å². The fourth-order valence-corrected chi connectivity index (χ4v) is 4.06. The second-order valence-electron chi connectivity index (χ2n) is 6.41. The Morgan fingerprint density at radius 1 is 1.21 bits per heavy atom. The Labute approximate surface area is 171 Å². The molecule has 0 aliphatic carbocycles. The van der Waals surface area contributed by atoms with E-state index >= 15 is 0 Å². The summed E-state index contributed by atoms with van der Waals surface area (Å²) >= 11 is 1.31. The lowest BCUT2D eigenvalue weighted by Gasteiger charge is -2.21. The minimum atomic E-state index is -0.376. The average Bonchev–Trinajstić information content (AvgIpc) is 3.29. The molecule has 0 aliphatic heterocycles. The highest BCUT2D eigenvalue weighted by atomic mass is 32.1. The van der Waals surface area contributed by atoms with Gasteiger partial charge in [0, 0.05) is 25.6 Å². The zero-order chi connectivity index (χ0) is 21.0. The molecule has 1 amide bonds. The van der Waals surface area contributed by atoms with E-state index in [1.54, 1.807) is 28.8 Å². The fraction of sp³-hybridized carbons (Fsp3) is 0.350. The summed E-state index contributed by atoms with van der Waals surface area (Å²) in [6.45, 7) is 2.83. The first-order valence-electron chi connectivity index (χ1n) is 9.04. The number of methoxy groups -OCH3 is 2. The Balaban J connectivity index is 1.91. The Bertz CT molecular complexity index is 1010. The van der Waals surface area contributed by atoms with Crippen LogP contribution in [0, 0.1) is 12.7 Å². The summed E-state index contributed by atoms with van der Waals surface area (Å²) in [6, 6.07) is 7.84. The molecule has 2 heterocycles. The molecule has 0 bridgehead atoms. The third-order valence-electron chi connectivity index (χ3n) is 4.49. The van der Waals surface area contributed by atoms with Gasteiger partial charge in [0.2, 0.25) is 0 Å². The number of hydrogen-bond donors (Lipinski definition) is 0. The summed E-state index contributed by atoms with van der Waals surface area (Å²) in [5, 5.41) is 5.38. The van der Waals surface area contributed by atoms with Crippen molar-refractivity contribution < 1.29 is 23.5 Å². The van der Waals surface area contributed by atoms with Gasteiger partial charge in [0.05, 0.1) is 36.4 Å². The molecular weight excluding hydrogens is 397 g/mol. The van der Waals surface area contributed by atoms with Gasteiger partial charge in [-0.05, 0) is 37.3 Å². The van der Waals surface area contributed by atoms with E-state index in [1.807, 2.05) is 13.0 Å². The van der Waals surface area contributed by atoms with Crippen molar-refractivity contribution in [2.75, 3.05) is 33.9 Å². The quantitative estimate of drug-likeness (QED) is 0.525. The topological polar surface area (TPSA) is 73.7 Å². The molecule has 29 heavy (non-hydrogen) atoms. The van der Waals surface area contributed by atoms with Gasteiger partial charge in [-0.1, -0.05) is 0 Å². The van der Waals surface area contributed by atoms with Gasteiger partial charge in [-0.2, -0.15) is 5.10 Å². The maximum absolute atomic E-state index is 13.3. The van der Waals surface area contributed by atoms with Crippen molar-refractivity contribution in [1.29, 1.82) is 0 Å². The zero-order valence-electron chi connectivity index (χ0n) is 16.5. The normalized spacial score (nSPS) is 11.0. The molecule has 0 radical (unpaired) electrons. The van der Waals surface area contributed by atoms with Crippen molar-refractivity contribution in [3.8, 4) is 5.69 Å². The standard InChI is InChI=1S/C20H22FN3O4S/c1-13-16-12-17(19(26)23(10-11-27-2)9-8-18(25)28-3)29-20(16)24(22-13)15-6-4-14(21)5-7-15/h4-7,12H,8-11H2,1-3H3. The van der Waals surface area contributed by atoms with Gasteiger partial charge in [-0.3, -0.25) is 9.59 Å². The highest BCUT2D eigenvalue weighted by molar-refractivity contribution is 7.20. The first-order valence-corrected chi connectivity index (χ1v) is 9.86. The molecule has 0 N–H and O–H groups in total. The molecule has 154 valence electrons. The van der Waals surface area contributed by atoms with E-state index in [1.165, 1.54) is 30.6 Å². The van der Waals surface area contributed by atoms with Gasteiger partial charge in [-0.15, -0.1) is 11.3 Å². The number of nitrogens with zero attached hydrogens (tertiary/aromatic N) is 3. The average molecular weight is 419 g/mol. The van der Waals surface area contributed by atoms with Gasteiger partial charge in [0.25, 0.3) is 5.91 Å². The molecule has 0 aliphatic rings. The first-order chi connectivity index (χ1) is 13.9. The van der Waals surface area contributed by atoms with Crippen molar-refractivity contribution in [3.63, 3.8) is 0 Å². The number of benzene rings is 1. The second-order valence-corrected chi connectivity index (χ2v) is 7.44. The highest BCUT2D eigenvalue weighted by Gasteiger charge is 2.22. The number of esters is 1. The molecule has 0 fully saturated rings. The van der Waals surface area contributed by atoms with Crippen LogP contribution in [-0.4, -0.2) is 60.5 Å². The van der Waals surface area contributed by atoms with E-state index in [2.05, 4.69) is 9.84 Å². The molecule has 0 spiro atoms. The predicted octanol–water partition coefficient (Wildman–Crippen LogP) is 3.19. The summed E-state index contributed by atoms with van der Waals surface area (Å²) in [5.74, 6) is -0.883. The maximum atomic E-state index is 13.3. The third-order valence-corrected chi connectivity index (χ3v) is 5.59. The first kappa shape index (κ1) is 20.9. The molecule has 0 saturated carbocycles. The van der Waals surface area contributed by atoms with Gasteiger partial charge >= 0.3 is 5.97 Å². The lowest BCUT2D eigenvalue weighted by Crippen LogP contribution is -2.35. The van der Waals surface area contributed by atoms with E-state index in [-0.39, 0.29) is 30.7 Å². The van der Waals surface area contributed by atoms with Gasteiger partial charge in [-0.25, -0.2) is 9.07 Å². The van der Waals surface area contributed by atoms with E-state index in [4.69, 9.17) is 4.74 Å². The summed E-state index contributed by atoms with van der Waals surface area (Å²) < 4.78 is 24.7. The van der Waals surface area contributed by atoms with E-state index in [0.29, 0.717) is 23.7 Å². The van der Waals surface area contributed by atoms with Crippen molar-refractivity contribution in [3.05, 3.63) is 46.7 Å². The molecule has 2 aromatic heterocycles. The van der Waals surface area contributed by atoms with Crippen LogP contribution in [0.4, 0.5) is 4.39 Å². The van der Waals surface area contributed by atoms with E-state index in [0.717, 1.165) is 15.9 Å². The number of halogens is 1. The zero-order valence-corrected chi connectivity index (χ0v) is 17.3. The smallest absolute Gasteiger partial charge is 0.307 e. The Morgan fingerprint density at radius 3 is 2.59 bits per heavy atom. The molecule has 7 nitrogen and oxygen atoms in total. The van der Waals surface area contributed by atoms with Crippen molar-refractivity contribution in [1.82, 2.24) is 14.7 Å². The number of carbonyl (C=O) groups is 2. The number of ether oxygens (including phenoxy) is 2. The highest BCUT2D eigenvalue weighted by Crippen LogP contribution is 2.31. The Hall–Kier alpha value is -2.78. The number of carbonyl (C=O) groups excluding carboxylic acids is 2. The Morgan fingerprint density at radius 2 is 1.93 bits per heavy atom. The Kier molecular flexibility index (Phi) is 6.60. The number of thiophene rings is 1. The van der Waals surface area contributed by atoms with Gasteiger partial charge < -0.3 is 14.4 Å². The monoisotopic (exact) mass is 419 g/mol. The maximum Gasteiger partial charge on any atom is 0.307 e. The number of rotatable bonds is 8. The third kappa shape index (κ3) is 4.63. The lowest BCUT2D eigenvalue weighted by atomic mass is 10.2. The number of aromatic nitrogens is 2. The molecule has 3 aromatic rings. The number of fused-ring (bicyclic) bond motifs is 1. The molecule has 0 saturated heterocycles. The van der Waals surface area contributed by atoms with Crippen molar-refractivity contribution in [2.24, 2.45) is 0 Å². The molecule has 0 unspecified atom stereocenters. The van der Waals surface area contributed by atoms with E-state index in [9.17, 15) is 14.0 Å². The molecule has 0 atom stereocenters. The summed E-state index contributed by atoms with van der Waals surface area (Å²) in [5.41, 5.74) is 1.49.